The number of phenols is 2. The van der Waals surface area contributed by atoms with E-state index in [1.54, 1.807) is 54.6 Å². The number of hydrogen-bond donors (Lipinski definition) is 4. The van der Waals surface area contributed by atoms with Crippen LogP contribution in [-0.4, -0.2) is 32.4 Å². The highest BCUT2D eigenvalue weighted by Gasteiger charge is 2.04. The predicted molar refractivity (Wildman–Crippen MR) is 105 cm³/mol. The number of aromatic carboxylic acids is 2. The summed E-state index contributed by atoms with van der Waals surface area (Å²) in [6, 6.07) is 19.3. The second-order valence-corrected chi connectivity index (χ2v) is 6.10. The number of fused-ring (bicyclic) bond motifs is 2. The van der Waals surface area contributed by atoms with Gasteiger partial charge in [0.25, 0.3) is 0 Å². The van der Waals surface area contributed by atoms with Crippen LogP contribution in [0.3, 0.4) is 0 Å². The van der Waals surface area contributed by atoms with Crippen LogP contribution in [0.2, 0.25) is 0 Å². The van der Waals surface area contributed by atoms with Gasteiger partial charge in [-0.3, -0.25) is 0 Å². The Hall–Kier alpha value is -4.06. The third-order valence-electron chi connectivity index (χ3n) is 4.14. The van der Waals surface area contributed by atoms with E-state index in [9.17, 15) is 19.8 Å². The maximum absolute atomic E-state index is 10.7. The Labute approximate surface area is 159 Å². The first-order chi connectivity index (χ1) is 13.3. The highest BCUT2D eigenvalue weighted by molar-refractivity contribution is 5.95. The third-order valence-corrected chi connectivity index (χ3v) is 4.14. The van der Waals surface area contributed by atoms with Crippen molar-refractivity contribution in [2.45, 2.75) is 0 Å². The minimum absolute atomic E-state index is 0.139. The number of carboxylic acid groups (broad SMARTS) is 2. The molecule has 0 radical (unpaired) electrons. The molecule has 0 spiro atoms. The number of rotatable bonds is 2. The second kappa shape index (κ2) is 7.67. The summed E-state index contributed by atoms with van der Waals surface area (Å²) in [5.41, 5.74) is 0.478. The van der Waals surface area contributed by atoms with E-state index in [1.807, 2.05) is 0 Å². The Morgan fingerprint density at radius 2 is 0.893 bits per heavy atom. The van der Waals surface area contributed by atoms with Crippen LogP contribution in [-0.2, 0) is 0 Å². The number of benzene rings is 4. The summed E-state index contributed by atoms with van der Waals surface area (Å²) >= 11 is 0. The average molecular weight is 376 g/mol. The zero-order chi connectivity index (χ0) is 20.3. The van der Waals surface area contributed by atoms with E-state index in [-0.39, 0.29) is 22.6 Å². The first kappa shape index (κ1) is 18.7. The number of aromatic hydroxyl groups is 2. The van der Waals surface area contributed by atoms with Gasteiger partial charge in [-0.1, -0.05) is 24.3 Å². The van der Waals surface area contributed by atoms with Gasteiger partial charge in [-0.2, -0.15) is 0 Å². The van der Waals surface area contributed by atoms with Gasteiger partial charge >= 0.3 is 11.9 Å². The van der Waals surface area contributed by atoms with E-state index >= 15 is 0 Å². The molecular weight excluding hydrogens is 360 g/mol. The Morgan fingerprint density at radius 3 is 1.46 bits per heavy atom. The van der Waals surface area contributed by atoms with Crippen LogP contribution in [0.5, 0.6) is 11.5 Å². The van der Waals surface area contributed by atoms with Crippen LogP contribution in [0.15, 0.2) is 72.8 Å². The molecular formula is C22H16O6. The molecule has 4 N–H and O–H groups in total. The second-order valence-electron chi connectivity index (χ2n) is 6.10. The fourth-order valence-electron chi connectivity index (χ4n) is 2.73. The summed E-state index contributed by atoms with van der Waals surface area (Å²) in [7, 11) is 0. The van der Waals surface area contributed by atoms with Crippen LogP contribution >= 0.6 is 0 Å². The van der Waals surface area contributed by atoms with E-state index in [4.69, 9.17) is 10.2 Å². The lowest BCUT2D eigenvalue weighted by molar-refractivity contribution is 0.0686. The number of phenolic OH excluding ortho intramolecular Hbond substituents is 2. The van der Waals surface area contributed by atoms with Gasteiger partial charge in [-0.05, 0) is 70.1 Å². The van der Waals surface area contributed by atoms with Crippen molar-refractivity contribution in [1.29, 1.82) is 0 Å². The van der Waals surface area contributed by atoms with Crippen molar-refractivity contribution in [1.82, 2.24) is 0 Å². The standard InChI is InChI=1S/2C11H8O3/c12-10-4-3-7-5-9(11(13)14)2-1-8(7)6-10;12-10-4-3-7-1-2-8(11(13)14)5-9(7)6-10/h2*1-6,12H,(H,13,14). The lowest BCUT2D eigenvalue weighted by Crippen LogP contribution is -1.94. The molecule has 0 amide bonds. The first-order valence-corrected chi connectivity index (χ1v) is 8.25. The van der Waals surface area contributed by atoms with E-state index in [2.05, 4.69) is 0 Å². The fraction of sp³-hybridized carbons (Fsp3) is 0. The summed E-state index contributed by atoms with van der Waals surface area (Å²) in [5.74, 6) is -1.59. The molecule has 0 aliphatic heterocycles. The molecule has 0 aliphatic rings. The smallest absolute Gasteiger partial charge is 0.335 e. The summed E-state index contributed by atoms with van der Waals surface area (Å²) in [6.07, 6.45) is 0. The molecule has 4 rings (SSSR count). The molecule has 6 nitrogen and oxygen atoms in total. The monoisotopic (exact) mass is 376 g/mol. The van der Waals surface area contributed by atoms with Gasteiger partial charge in [0.05, 0.1) is 11.1 Å². The molecule has 0 aliphatic carbocycles. The van der Waals surface area contributed by atoms with Crippen molar-refractivity contribution in [3.05, 3.63) is 83.9 Å². The Balaban J connectivity index is 0.000000161. The third kappa shape index (κ3) is 4.19. The molecule has 0 bridgehead atoms. The number of carboxylic acids is 2. The molecule has 4 aromatic carbocycles. The van der Waals surface area contributed by atoms with Crippen molar-refractivity contribution >= 4 is 33.5 Å². The number of carbonyl (C=O) groups is 2. The largest absolute Gasteiger partial charge is 0.508 e. The SMILES string of the molecule is O=C(O)c1ccc2cc(O)ccc2c1.O=C(O)c1ccc2ccc(O)cc2c1. The van der Waals surface area contributed by atoms with E-state index in [1.165, 1.54) is 18.2 Å². The summed E-state index contributed by atoms with van der Waals surface area (Å²) in [4.78, 5) is 21.3. The summed E-state index contributed by atoms with van der Waals surface area (Å²) < 4.78 is 0. The van der Waals surface area contributed by atoms with E-state index in [0.717, 1.165) is 21.5 Å². The zero-order valence-corrected chi connectivity index (χ0v) is 14.5. The van der Waals surface area contributed by atoms with E-state index in [0.29, 0.717) is 0 Å². The van der Waals surface area contributed by atoms with Gasteiger partial charge in [0.15, 0.2) is 0 Å². The van der Waals surface area contributed by atoms with Crippen molar-refractivity contribution < 1.29 is 30.0 Å². The van der Waals surface area contributed by atoms with Crippen LogP contribution in [0, 0.1) is 0 Å². The maximum Gasteiger partial charge on any atom is 0.335 e. The summed E-state index contributed by atoms with van der Waals surface area (Å²) in [5, 5.41) is 39.2. The van der Waals surface area contributed by atoms with Crippen molar-refractivity contribution in [2.24, 2.45) is 0 Å². The first-order valence-electron chi connectivity index (χ1n) is 8.25. The normalized spacial score (nSPS) is 10.3. The van der Waals surface area contributed by atoms with Gasteiger partial charge in [0, 0.05) is 0 Å². The van der Waals surface area contributed by atoms with Crippen molar-refractivity contribution in [2.75, 3.05) is 0 Å². The molecule has 0 atom stereocenters. The zero-order valence-electron chi connectivity index (χ0n) is 14.5. The molecule has 28 heavy (non-hydrogen) atoms. The molecule has 4 aromatic rings. The highest BCUT2D eigenvalue weighted by atomic mass is 16.4. The molecule has 140 valence electrons. The fourth-order valence-corrected chi connectivity index (χ4v) is 2.73. The lowest BCUT2D eigenvalue weighted by Gasteiger charge is -2.00. The van der Waals surface area contributed by atoms with E-state index < -0.39 is 11.9 Å². The Bertz CT molecular complexity index is 1200. The van der Waals surface area contributed by atoms with Gasteiger partial charge in [0.1, 0.15) is 11.5 Å². The molecule has 6 heteroatoms. The molecule has 0 saturated carbocycles. The maximum atomic E-state index is 10.7. The van der Waals surface area contributed by atoms with Crippen LogP contribution in [0.25, 0.3) is 21.5 Å². The van der Waals surface area contributed by atoms with Crippen molar-refractivity contribution in [3.8, 4) is 11.5 Å². The minimum atomic E-state index is -0.963. The van der Waals surface area contributed by atoms with Gasteiger partial charge in [-0.15, -0.1) is 0 Å². The lowest BCUT2D eigenvalue weighted by atomic mass is 10.1. The van der Waals surface area contributed by atoms with Crippen LogP contribution < -0.4 is 0 Å². The molecule has 0 aromatic heterocycles. The summed E-state index contributed by atoms with van der Waals surface area (Å²) in [6.45, 7) is 0. The molecule has 0 fully saturated rings. The molecule has 0 unspecified atom stereocenters. The Morgan fingerprint density at radius 1 is 0.500 bits per heavy atom. The average Bonchev–Trinajstić information content (AvgIpc) is 2.67. The van der Waals surface area contributed by atoms with Gasteiger partial charge in [0.2, 0.25) is 0 Å². The van der Waals surface area contributed by atoms with Gasteiger partial charge in [-0.25, -0.2) is 9.59 Å². The van der Waals surface area contributed by atoms with Crippen LogP contribution in [0.4, 0.5) is 0 Å². The topological polar surface area (TPSA) is 115 Å². The molecule has 0 saturated heterocycles. The predicted octanol–water partition coefficient (Wildman–Crippen LogP) is 4.49. The number of hydrogen-bond acceptors (Lipinski definition) is 4. The Kier molecular flexibility index (Phi) is 5.13. The minimum Gasteiger partial charge on any atom is -0.508 e. The van der Waals surface area contributed by atoms with Crippen molar-refractivity contribution in [3.63, 3.8) is 0 Å². The highest BCUT2D eigenvalue weighted by Crippen LogP contribution is 2.22. The van der Waals surface area contributed by atoms with Crippen LogP contribution in [0.1, 0.15) is 20.7 Å². The van der Waals surface area contributed by atoms with Gasteiger partial charge < -0.3 is 20.4 Å². The quantitative estimate of drug-likeness (QED) is 0.410. The molecule has 0 heterocycles.